The van der Waals surface area contributed by atoms with Crippen LogP contribution >= 0.6 is 0 Å². The Kier molecular flexibility index (Phi) is 9.00. The summed E-state index contributed by atoms with van der Waals surface area (Å²) < 4.78 is 86.9. The van der Waals surface area contributed by atoms with Gasteiger partial charge in [0.2, 0.25) is 5.88 Å². The molecule has 224 valence electrons. The van der Waals surface area contributed by atoms with Crippen molar-refractivity contribution in [2.75, 3.05) is 24.6 Å². The Balaban J connectivity index is 1.81. The number of pyridine rings is 1. The molecule has 0 saturated carbocycles. The lowest BCUT2D eigenvalue weighted by molar-refractivity contribution is -0.138. The zero-order valence-corrected chi connectivity index (χ0v) is 23.8. The number of halogens is 3. The van der Waals surface area contributed by atoms with Crippen molar-refractivity contribution in [1.82, 2.24) is 4.98 Å². The lowest BCUT2D eigenvalue weighted by atomic mass is 10.0. The molecule has 2 aromatic carbocycles. The Morgan fingerprint density at radius 1 is 1.21 bits per heavy atom. The van der Waals surface area contributed by atoms with Crippen molar-refractivity contribution in [2.24, 2.45) is 0 Å². The molecule has 9 nitrogen and oxygen atoms in total. The van der Waals surface area contributed by atoms with Gasteiger partial charge in [-0.25, -0.2) is 13.4 Å². The van der Waals surface area contributed by atoms with Crippen LogP contribution in [0.2, 0.25) is 0 Å². The Morgan fingerprint density at radius 2 is 1.98 bits per heavy atom. The number of alkyl halides is 3. The minimum absolute atomic E-state index is 0.0169. The van der Waals surface area contributed by atoms with E-state index in [1.54, 1.807) is 19.9 Å². The lowest BCUT2D eigenvalue weighted by Crippen LogP contribution is -2.44. The summed E-state index contributed by atoms with van der Waals surface area (Å²) in [6, 6.07) is 9.56. The van der Waals surface area contributed by atoms with Crippen LogP contribution in [0.5, 0.6) is 17.4 Å². The van der Waals surface area contributed by atoms with E-state index in [1.165, 1.54) is 55.8 Å². The average molecular weight is 607 g/mol. The van der Waals surface area contributed by atoms with Crippen LogP contribution in [0.1, 0.15) is 42.0 Å². The standard InChI is InChI=1S/C29H29F3N2O7S/c1-4-40-28-26(14-18(2)16-33-28)42(37,38)34-17-20(10-13-27(35)36)41-25-12-9-19(15-23(25)34)8-11-21-22(29(30,31)32)6-5-7-24(21)39-3/h5-9,11-12,14-16,20H,4,10,13,17H2,1-3H3,(H,35,36)/b11-8+/t20-/m0/s1. The monoisotopic (exact) mass is 606 g/mol. The highest BCUT2D eigenvalue weighted by molar-refractivity contribution is 7.93. The molecule has 0 spiro atoms. The fourth-order valence-electron chi connectivity index (χ4n) is 4.49. The van der Waals surface area contributed by atoms with E-state index in [0.717, 1.165) is 10.4 Å². The van der Waals surface area contributed by atoms with Gasteiger partial charge in [-0.2, -0.15) is 13.2 Å². The van der Waals surface area contributed by atoms with Gasteiger partial charge in [0.1, 0.15) is 22.5 Å². The summed E-state index contributed by atoms with van der Waals surface area (Å²) in [6.45, 7) is 3.33. The fourth-order valence-corrected chi connectivity index (χ4v) is 6.16. The summed E-state index contributed by atoms with van der Waals surface area (Å²) in [7, 11) is -3.05. The summed E-state index contributed by atoms with van der Waals surface area (Å²) in [4.78, 5) is 15.2. The number of aryl methyl sites for hydroxylation is 1. The van der Waals surface area contributed by atoms with Crippen LogP contribution in [-0.4, -0.2) is 50.8 Å². The van der Waals surface area contributed by atoms with Gasteiger partial charge in [-0.1, -0.05) is 24.3 Å². The quantitative estimate of drug-likeness (QED) is 0.288. The number of carbonyl (C=O) groups is 1. The molecule has 0 unspecified atom stereocenters. The van der Waals surface area contributed by atoms with E-state index in [0.29, 0.717) is 11.1 Å². The van der Waals surface area contributed by atoms with E-state index in [4.69, 9.17) is 19.3 Å². The maximum Gasteiger partial charge on any atom is 0.417 e. The second kappa shape index (κ2) is 12.3. The number of sulfonamides is 1. The maximum atomic E-state index is 14.1. The third-order valence-corrected chi connectivity index (χ3v) is 8.21. The molecule has 1 aliphatic heterocycles. The normalized spacial score (nSPS) is 15.3. The number of methoxy groups -OCH3 is 1. The molecule has 1 N–H and O–H groups in total. The number of anilines is 1. The summed E-state index contributed by atoms with van der Waals surface area (Å²) in [5.41, 5.74) is 0.00533. The molecule has 0 fully saturated rings. The zero-order valence-electron chi connectivity index (χ0n) is 23.0. The first-order valence-corrected chi connectivity index (χ1v) is 14.4. The van der Waals surface area contributed by atoms with Gasteiger partial charge in [-0.3, -0.25) is 9.10 Å². The summed E-state index contributed by atoms with van der Waals surface area (Å²) in [6.07, 6.45) is -1.47. The first kappa shape index (κ1) is 30.7. The van der Waals surface area contributed by atoms with Crippen LogP contribution in [0.3, 0.4) is 0 Å². The molecule has 0 bridgehead atoms. The van der Waals surface area contributed by atoms with Gasteiger partial charge in [0, 0.05) is 18.2 Å². The van der Waals surface area contributed by atoms with Crippen LogP contribution in [0.4, 0.5) is 18.9 Å². The molecule has 13 heteroatoms. The van der Waals surface area contributed by atoms with Crippen molar-refractivity contribution in [1.29, 1.82) is 0 Å². The predicted molar refractivity (Wildman–Crippen MR) is 149 cm³/mol. The van der Waals surface area contributed by atoms with E-state index >= 15 is 0 Å². The van der Waals surface area contributed by atoms with Gasteiger partial charge in [0.15, 0.2) is 0 Å². The minimum atomic E-state index is -4.63. The van der Waals surface area contributed by atoms with Crippen molar-refractivity contribution < 1.29 is 45.7 Å². The summed E-state index contributed by atoms with van der Waals surface area (Å²) in [5, 5.41) is 9.17. The number of aliphatic carboxylic acids is 1. The first-order chi connectivity index (χ1) is 19.8. The number of nitrogens with zero attached hydrogens (tertiary/aromatic N) is 2. The average Bonchev–Trinajstić information content (AvgIpc) is 2.94. The highest BCUT2D eigenvalue weighted by Crippen LogP contribution is 2.41. The molecular formula is C29H29F3N2O7S. The molecule has 0 saturated heterocycles. The number of ether oxygens (including phenoxy) is 3. The van der Waals surface area contributed by atoms with Crippen molar-refractivity contribution in [2.45, 2.75) is 43.9 Å². The van der Waals surface area contributed by atoms with Crippen LogP contribution in [0, 0.1) is 6.92 Å². The molecule has 2 heterocycles. The van der Waals surface area contributed by atoms with E-state index < -0.39 is 33.8 Å². The Hall–Kier alpha value is -4.26. The number of hydrogen-bond donors (Lipinski definition) is 1. The number of benzene rings is 2. The smallest absolute Gasteiger partial charge is 0.417 e. The Morgan fingerprint density at radius 3 is 2.64 bits per heavy atom. The molecule has 1 aromatic heterocycles. The number of aromatic nitrogens is 1. The first-order valence-electron chi connectivity index (χ1n) is 12.9. The molecule has 42 heavy (non-hydrogen) atoms. The zero-order chi connectivity index (χ0) is 30.7. The second-order valence-corrected chi connectivity index (χ2v) is 11.3. The van der Waals surface area contributed by atoms with Crippen LogP contribution in [0.25, 0.3) is 12.2 Å². The predicted octanol–water partition coefficient (Wildman–Crippen LogP) is 5.81. The number of carboxylic acids is 1. The van der Waals surface area contributed by atoms with Crippen LogP contribution in [0.15, 0.2) is 53.6 Å². The number of rotatable bonds is 10. The summed E-state index contributed by atoms with van der Waals surface area (Å²) >= 11 is 0. The fraction of sp³-hybridized carbons (Fsp3) is 0.310. The van der Waals surface area contributed by atoms with Gasteiger partial charge in [-0.15, -0.1) is 0 Å². The van der Waals surface area contributed by atoms with Gasteiger partial charge < -0.3 is 19.3 Å². The van der Waals surface area contributed by atoms with Gasteiger partial charge in [-0.05, 0) is 61.7 Å². The number of hydrogen-bond acceptors (Lipinski definition) is 7. The molecule has 1 atom stereocenters. The van der Waals surface area contributed by atoms with Crippen molar-refractivity contribution in [3.63, 3.8) is 0 Å². The number of fused-ring (bicyclic) bond motifs is 1. The molecule has 1 aliphatic rings. The van der Waals surface area contributed by atoms with Gasteiger partial charge in [0.25, 0.3) is 10.0 Å². The second-order valence-electron chi connectivity index (χ2n) is 9.44. The lowest BCUT2D eigenvalue weighted by Gasteiger charge is -2.35. The topological polar surface area (TPSA) is 115 Å². The van der Waals surface area contributed by atoms with Gasteiger partial charge >= 0.3 is 12.1 Å². The number of carboxylic acid groups (broad SMARTS) is 1. The third-order valence-electron chi connectivity index (χ3n) is 6.43. The highest BCUT2D eigenvalue weighted by atomic mass is 32.2. The maximum absolute atomic E-state index is 14.1. The summed E-state index contributed by atoms with van der Waals surface area (Å²) in [5.74, 6) is -0.965. The van der Waals surface area contributed by atoms with E-state index in [2.05, 4.69) is 4.98 Å². The van der Waals surface area contributed by atoms with Crippen LogP contribution < -0.4 is 18.5 Å². The van der Waals surface area contributed by atoms with Crippen molar-refractivity contribution >= 4 is 33.8 Å². The molecular weight excluding hydrogens is 577 g/mol. The molecule has 0 radical (unpaired) electrons. The Bertz CT molecular complexity index is 1610. The van der Waals surface area contributed by atoms with E-state index in [9.17, 15) is 26.4 Å². The molecule has 3 aromatic rings. The Labute approximate surface area is 241 Å². The highest BCUT2D eigenvalue weighted by Gasteiger charge is 2.37. The van der Waals surface area contributed by atoms with Gasteiger partial charge in [0.05, 0.1) is 31.5 Å². The minimum Gasteiger partial charge on any atom is -0.496 e. The van der Waals surface area contributed by atoms with Crippen molar-refractivity contribution in [3.8, 4) is 17.4 Å². The van der Waals surface area contributed by atoms with Crippen molar-refractivity contribution in [3.05, 3.63) is 70.9 Å². The molecule has 0 aliphatic carbocycles. The third kappa shape index (κ3) is 6.62. The largest absolute Gasteiger partial charge is 0.496 e. The van der Waals surface area contributed by atoms with E-state index in [-0.39, 0.29) is 59.5 Å². The van der Waals surface area contributed by atoms with E-state index in [1.807, 2.05) is 0 Å². The molecule has 4 rings (SSSR count). The molecule has 0 amide bonds. The SMILES string of the molecule is CCOc1ncc(C)cc1S(=O)(=O)N1C[C@H](CCC(=O)O)Oc2ccc(/C=C/c3c(OC)cccc3C(F)(F)F)cc21. The van der Waals surface area contributed by atoms with Crippen LogP contribution in [-0.2, 0) is 21.0 Å².